The van der Waals surface area contributed by atoms with Crippen molar-refractivity contribution in [1.82, 2.24) is 9.55 Å². The lowest BCUT2D eigenvalue weighted by Gasteiger charge is -2.29. The molecule has 0 aromatic carbocycles. The monoisotopic (exact) mass is 283 g/mol. The summed E-state index contributed by atoms with van der Waals surface area (Å²) in [7, 11) is 0. The third kappa shape index (κ3) is 1.84. The molecule has 1 aromatic heterocycles. The summed E-state index contributed by atoms with van der Waals surface area (Å²) in [6.07, 6.45) is -0.678. The summed E-state index contributed by atoms with van der Waals surface area (Å²) in [4.78, 5) is 15.4. The number of nitrogens with two attached hydrogens (primary N) is 1. The first-order chi connectivity index (χ1) is 9.49. The zero-order chi connectivity index (χ0) is 14.5. The van der Waals surface area contributed by atoms with E-state index in [0.717, 1.165) is 17.4 Å². The summed E-state index contributed by atoms with van der Waals surface area (Å²) in [5, 5.41) is 29.9. The fraction of sp³-hybridized carbons (Fsp3) is 0.667. The van der Waals surface area contributed by atoms with E-state index in [9.17, 15) is 20.1 Å². The summed E-state index contributed by atoms with van der Waals surface area (Å²) < 4.78 is 6.76. The molecule has 2 heterocycles. The lowest BCUT2D eigenvalue weighted by Crippen LogP contribution is -2.48. The predicted octanol–water partition coefficient (Wildman–Crippen LogP) is -1.78. The number of aliphatic hydroxyl groups excluding tert-OH is 3. The Morgan fingerprint density at radius 2 is 2.20 bits per heavy atom. The molecule has 110 valence electrons. The number of ether oxygens (including phenoxy) is 1. The van der Waals surface area contributed by atoms with Crippen LogP contribution in [0.15, 0.2) is 17.1 Å². The van der Waals surface area contributed by atoms with E-state index in [4.69, 9.17) is 10.5 Å². The van der Waals surface area contributed by atoms with E-state index in [1.54, 1.807) is 0 Å². The average molecular weight is 283 g/mol. The molecule has 1 aliphatic carbocycles. The molecule has 0 spiro atoms. The summed E-state index contributed by atoms with van der Waals surface area (Å²) in [5.74, 6) is 0.0505. The van der Waals surface area contributed by atoms with Crippen LogP contribution in [0.5, 0.6) is 0 Å². The first-order valence-corrected chi connectivity index (χ1v) is 6.49. The zero-order valence-electron chi connectivity index (χ0n) is 10.7. The SMILES string of the molecule is Nc1ccn([C@@H]2O[C@@](CO)(C3CC3)[C@@H](O)[C@H]2O)c(=O)n1. The maximum absolute atomic E-state index is 11.8. The Bertz CT molecular complexity index is 572. The van der Waals surface area contributed by atoms with Crippen LogP contribution in [0, 0.1) is 5.92 Å². The number of hydrogen-bond donors (Lipinski definition) is 4. The third-order valence-corrected chi connectivity index (χ3v) is 4.10. The van der Waals surface area contributed by atoms with Crippen molar-refractivity contribution >= 4 is 5.82 Å². The molecule has 2 aliphatic rings. The molecule has 1 aromatic rings. The molecule has 0 unspecified atom stereocenters. The number of rotatable bonds is 3. The minimum Gasteiger partial charge on any atom is -0.393 e. The van der Waals surface area contributed by atoms with Crippen LogP contribution >= 0.6 is 0 Å². The van der Waals surface area contributed by atoms with Gasteiger partial charge in [-0.15, -0.1) is 0 Å². The Hall–Kier alpha value is -1.48. The van der Waals surface area contributed by atoms with E-state index in [0.29, 0.717) is 0 Å². The van der Waals surface area contributed by atoms with Crippen molar-refractivity contribution in [2.45, 2.75) is 36.9 Å². The van der Waals surface area contributed by atoms with Crippen LogP contribution in [0.25, 0.3) is 0 Å². The Balaban J connectivity index is 1.97. The number of hydrogen-bond acceptors (Lipinski definition) is 7. The predicted molar refractivity (Wildman–Crippen MR) is 67.6 cm³/mol. The van der Waals surface area contributed by atoms with Crippen LogP contribution < -0.4 is 11.4 Å². The van der Waals surface area contributed by atoms with Crippen LogP contribution in [0.3, 0.4) is 0 Å². The molecule has 3 rings (SSSR count). The number of nitrogen functional groups attached to an aromatic ring is 1. The van der Waals surface area contributed by atoms with E-state index in [1.165, 1.54) is 12.3 Å². The largest absolute Gasteiger partial charge is 0.393 e. The van der Waals surface area contributed by atoms with E-state index < -0.39 is 36.3 Å². The van der Waals surface area contributed by atoms with Gasteiger partial charge in [0.15, 0.2) is 6.23 Å². The van der Waals surface area contributed by atoms with E-state index in [1.807, 2.05) is 0 Å². The molecular formula is C12H17N3O5. The Labute approximate surface area is 114 Å². The second kappa shape index (κ2) is 4.52. The average Bonchev–Trinajstić information content (AvgIpc) is 3.22. The van der Waals surface area contributed by atoms with Crippen molar-refractivity contribution in [3.05, 3.63) is 22.7 Å². The van der Waals surface area contributed by atoms with Gasteiger partial charge in [-0.3, -0.25) is 4.57 Å². The number of nitrogens with zero attached hydrogens (tertiary/aromatic N) is 2. The molecule has 1 saturated heterocycles. The van der Waals surface area contributed by atoms with Crippen molar-refractivity contribution in [1.29, 1.82) is 0 Å². The first-order valence-electron chi connectivity index (χ1n) is 6.49. The van der Waals surface area contributed by atoms with Gasteiger partial charge in [0.1, 0.15) is 23.6 Å². The van der Waals surface area contributed by atoms with E-state index in [2.05, 4.69) is 4.98 Å². The highest BCUT2D eigenvalue weighted by Crippen LogP contribution is 2.50. The standard InChI is InChI=1S/C12H17N3O5/c13-7-3-4-15(11(19)14-7)10-8(17)9(18)12(5-16,20-10)6-1-2-6/h3-4,6,8-10,16-18H,1-2,5H2,(H2,13,14,19)/t8-,9+,10-,12+/m1/s1. The van der Waals surface area contributed by atoms with Gasteiger partial charge < -0.3 is 25.8 Å². The van der Waals surface area contributed by atoms with Crippen LogP contribution in [0.2, 0.25) is 0 Å². The van der Waals surface area contributed by atoms with Gasteiger partial charge in [-0.1, -0.05) is 0 Å². The minimum absolute atomic E-state index is 0.0143. The summed E-state index contributed by atoms with van der Waals surface area (Å²) in [6.45, 7) is -0.413. The molecule has 1 saturated carbocycles. The van der Waals surface area contributed by atoms with Gasteiger partial charge in [-0.2, -0.15) is 4.98 Å². The fourth-order valence-corrected chi connectivity index (χ4v) is 2.82. The van der Waals surface area contributed by atoms with Crippen molar-refractivity contribution in [2.75, 3.05) is 12.3 Å². The second-order valence-electron chi connectivity index (χ2n) is 5.37. The van der Waals surface area contributed by atoms with Crippen LogP contribution in [0.1, 0.15) is 19.1 Å². The fourth-order valence-electron chi connectivity index (χ4n) is 2.82. The van der Waals surface area contributed by atoms with Gasteiger partial charge in [-0.25, -0.2) is 4.79 Å². The smallest absolute Gasteiger partial charge is 0.351 e. The number of aliphatic hydroxyl groups is 3. The van der Waals surface area contributed by atoms with Crippen molar-refractivity contribution < 1.29 is 20.1 Å². The molecule has 2 fully saturated rings. The van der Waals surface area contributed by atoms with Crippen LogP contribution in [-0.4, -0.2) is 49.3 Å². The molecule has 4 atom stereocenters. The molecule has 0 amide bonds. The molecule has 0 radical (unpaired) electrons. The van der Waals surface area contributed by atoms with E-state index in [-0.39, 0.29) is 11.7 Å². The quantitative estimate of drug-likeness (QED) is 0.515. The van der Waals surface area contributed by atoms with Gasteiger partial charge in [0.25, 0.3) is 0 Å². The lowest BCUT2D eigenvalue weighted by molar-refractivity contribution is -0.141. The Morgan fingerprint density at radius 1 is 1.50 bits per heavy atom. The van der Waals surface area contributed by atoms with Crippen molar-refractivity contribution in [3.8, 4) is 0 Å². The minimum atomic E-state index is -1.31. The number of anilines is 1. The topological polar surface area (TPSA) is 131 Å². The van der Waals surface area contributed by atoms with Crippen LogP contribution in [0.4, 0.5) is 5.82 Å². The molecule has 8 heteroatoms. The van der Waals surface area contributed by atoms with Crippen LogP contribution in [-0.2, 0) is 4.74 Å². The van der Waals surface area contributed by atoms with E-state index >= 15 is 0 Å². The normalized spacial score (nSPS) is 37.2. The summed E-state index contributed by atoms with van der Waals surface area (Å²) in [5.41, 5.74) is 3.52. The maximum atomic E-state index is 11.8. The number of aromatic nitrogens is 2. The highest BCUT2D eigenvalue weighted by atomic mass is 16.6. The molecule has 20 heavy (non-hydrogen) atoms. The third-order valence-electron chi connectivity index (χ3n) is 4.10. The lowest BCUT2D eigenvalue weighted by atomic mass is 9.91. The van der Waals surface area contributed by atoms with Gasteiger partial charge in [0, 0.05) is 6.20 Å². The summed E-state index contributed by atoms with van der Waals surface area (Å²) in [6, 6.07) is 1.40. The maximum Gasteiger partial charge on any atom is 0.351 e. The summed E-state index contributed by atoms with van der Waals surface area (Å²) >= 11 is 0. The van der Waals surface area contributed by atoms with Gasteiger partial charge in [-0.05, 0) is 24.8 Å². The molecule has 0 bridgehead atoms. The highest BCUT2D eigenvalue weighted by Gasteiger charge is 2.61. The Morgan fingerprint density at radius 3 is 2.75 bits per heavy atom. The molecule has 1 aliphatic heterocycles. The van der Waals surface area contributed by atoms with Crippen molar-refractivity contribution in [2.24, 2.45) is 5.92 Å². The van der Waals surface area contributed by atoms with Gasteiger partial charge in [0.05, 0.1) is 6.61 Å². The zero-order valence-corrected chi connectivity index (χ0v) is 10.7. The molecule has 8 nitrogen and oxygen atoms in total. The Kier molecular flexibility index (Phi) is 3.05. The first kappa shape index (κ1) is 13.5. The van der Waals surface area contributed by atoms with Gasteiger partial charge in [0.2, 0.25) is 0 Å². The molecule has 5 N–H and O–H groups in total. The van der Waals surface area contributed by atoms with Crippen molar-refractivity contribution in [3.63, 3.8) is 0 Å². The molecular weight excluding hydrogens is 266 g/mol. The second-order valence-corrected chi connectivity index (χ2v) is 5.37. The van der Waals surface area contributed by atoms with Gasteiger partial charge >= 0.3 is 5.69 Å². The highest BCUT2D eigenvalue weighted by molar-refractivity contribution is 5.23.